The Morgan fingerprint density at radius 3 is 2.55 bits per heavy atom. The summed E-state index contributed by atoms with van der Waals surface area (Å²) in [5.74, 6) is -0.112. The van der Waals surface area contributed by atoms with Crippen molar-refractivity contribution in [1.82, 2.24) is 10.6 Å². The summed E-state index contributed by atoms with van der Waals surface area (Å²) in [7, 11) is 0. The van der Waals surface area contributed by atoms with Gasteiger partial charge >= 0.3 is 6.18 Å². The second-order valence-electron chi connectivity index (χ2n) is 8.44. The molecule has 2 heterocycles. The molecule has 0 bridgehead atoms. The molecule has 0 amide bonds. The van der Waals surface area contributed by atoms with Crippen molar-refractivity contribution < 1.29 is 27.8 Å². The van der Waals surface area contributed by atoms with Gasteiger partial charge in [-0.25, -0.2) is 0 Å². The quantitative estimate of drug-likeness (QED) is 0.537. The molecule has 2 saturated heterocycles. The lowest BCUT2D eigenvalue weighted by atomic mass is 9.80. The first-order valence-corrected chi connectivity index (χ1v) is 11.3. The molecule has 3 N–H and O–H groups in total. The number of carbonyl (C=O) groups excluding carboxylic acids is 1. The monoisotopic (exact) mass is 502 g/mol. The zero-order valence-corrected chi connectivity index (χ0v) is 18.9. The summed E-state index contributed by atoms with van der Waals surface area (Å²) in [6, 6.07) is 10.6. The van der Waals surface area contributed by atoms with Crippen LogP contribution in [-0.2, 0) is 4.79 Å². The van der Waals surface area contributed by atoms with E-state index in [-0.39, 0.29) is 42.0 Å². The molecule has 33 heavy (non-hydrogen) atoms. The number of ether oxygens (including phenoxy) is 1. The molecule has 4 rings (SSSR count). The minimum Gasteiger partial charge on any atom is -0.484 e. The molecular weight excluding hydrogens is 480 g/mol. The Balaban J connectivity index is 1.38. The number of carbonyl (C=O) groups is 1. The lowest BCUT2D eigenvalue weighted by Crippen LogP contribution is -2.52. The summed E-state index contributed by atoms with van der Waals surface area (Å²) in [5, 5.41) is 18.3. The highest BCUT2D eigenvalue weighted by atomic mass is 35.5. The van der Waals surface area contributed by atoms with Crippen LogP contribution in [0.2, 0.25) is 10.0 Å². The van der Waals surface area contributed by atoms with Gasteiger partial charge in [-0.1, -0.05) is 41.4 Å². The molecule has 5 unspecified atom stereocenters. The number of hydrogen-bond acceptors (Lipinski definition) is 5. The van der Waals surface area contributed by atoms with Crippen molar-refractivity contribution in [3.8, 4) is 5.75 Å². The van der Waals surface area contributed by atoms with Gasteiger partial charge in [-0.2, -0.15) is 13.2 Å². The Morgan fingerprint density at radius 1 is 1.15 bits per heavy atom. The van der Waals surface area contributed by atoms with Crippen LogP contribution in [0, 0.1) is 5.92 Å². The molecule has 2 aliphatic heterocycles. The van der Waals surface area contributed by atoms with Crippen LogP contribution in [0.25, 0.3) is 0 Å². The molecule has 0 aliphatic carbocycles. The Morgan fingerprint density at radius 2 is 1.88 bits per heavy atom. The van der Waals surface area contributed by atoms with Crippen LogP contribution >= 0.6 is 23.2 Å². The van der Waals surface area contributed by atoms with Gasteiger partial charge in [-0.05, 0) is 41.8 Å². The fourth-order valence-corrected chi connectivity index (χ4v) is 5.17. The van der Waals surface area contributed by atoms with E-state index >= 15 is 0 Å². The van der Waals surface area contributed by atoms with Crippen LogP contribution in [0.5, 0.6) is 5.75 Å². The highest BCUT2D eigenvalue weighted by molar-refractivity contribution is 6.35. The predicted octanol–water partition coefficient (Wildman–Crippen LogP) is 4.62. The average molecular weight is 503 g/mol. The SMILES string of the molecule is O=C1CC(CC(O)c2ccc(Cl)cc2Cl)NC2CNC(c3ccc(OCC(F)(F)F)cc3)C12. The van der Waals surface area contributed by atoms with Crippen molar-refractivity contribution in [2.75, 3.05) is 13.2 Å². The molecule has 0 saturated carbocycles. The van der Waals surface area contributed by atoms with E-state index in [1.807, 2.05) is 0 Å². The molecule has 2 aromatic carbocycles. The van der Waals surface area contributed by atoms with Crippen LogP contribution in [0.3, 0.4) is 0 Å². The number of hydrogen-bond donors (Lipinski definition) is 3. The van der Waals surface area contributed by atoms with Crippen molar-refractivity contribution in [1.29, 1.82) is 0 Å². The van der Waals surface area contributed by atoms with Crippen molar-refractivity contribution in [3.63, 3.8) is 0 Å². The number of Topliss-reactive ketones (excluding diaryl/α,β-unsaturated/α-hetero) is 1. The van der Waals surface area contributed by atoms with Crippen LogP contribution in [0.4, 0.5) is 13.2 Å². The molecule has 0 aromatic heterocycles. The molecule has 2 aliphatic rings. The number of ketones is 1. The number of halogens is 5. The Kier molecular flexibility index (Phi) is 7.21. The maximum absolute atomic E-state index is 13.0. The molecule has 5 atom stereocenters. The molecule has 178 valence electrons. The fourth-order valence-electron chi connectivity index (χ4n) is 4.63. The summed E-state index contributed by atoms with van der Waals surface area (Å²) < 4.78 is 41.7. The fraction of sp³-hybridized carbons (Fsp3) is 0.435. The average Bonchev–Trinajstić information content (AvgIpc) is 3.16. The van der Waals surface area contributed by atoms with E-state index in [1.165, 1.54) is 12.1 Å². The number of aliphatic hydroxyl groups is 1. The van der Waals surface area contributed by atoms with Crippen molar-refractivity contribution in [3.05, 3.63) is 63.6 Å². The Hall–Kier alpha value is -1.84. The summed E-state index contributed by atoms with van der Waals surface area (Å²) in [6.45, 7) is -0.794. The van der Waals surface area contributed by atoms with Gasteiger partial charge in [0.25, 0.3) is 0 Å². The highest BCUT2D eigenvalue weighted by Crippen LogP contribution is 2.37. The normalized spacial score (nSPS) is 26.2. The number of aliphatic hydroxyl groups excluding tert-OH is 1. The van der Waals surface area contributed by atoms with Crippen LogP contribution in [-0.4, -0.2) is 42.3 Å². The van der Waals surface area contributed by atoms with Crippen molar-refractivity contribution in [2.45, 2.75) is 43.2 Å². The number of nitrogens with one attached hydrogen (secondary N) is 2. The van der Waals surface area contributed by atoms with Crippen molar-refractivity contribution in [2.24, 2.45) is 5.92 Å². The van der Waals surface area contributed by atoms with Crippen LogP contribution in [0.15, 0.2) is 42.5 Å². The third-order valence-electron chi connectivity index (χ3n) is 6.09. The van der Waals surface area contributed by atoms with Gasteiger partial charge in [0.15, 0.2) is 6.61 Å². The predicted molar refractivity (Wildman–Crippen MR) is 119 cm³/mol. The summed E-state index contributed by atoms with van der Waals surface area (Å²) >= 11 is 12.1. The maximum atomic E-state index is 13.0. The molecule has 5 nitrogen and oxygen atoms in total. The first-order chi connectivity index (χ1) is 15.6. The van der Waals surface area contributed by atoms with E-state index in [9.17, 15) is 23.1 Å². The van der Waals surface area contributed by atoms with Gasteiger partial charge in [-0.3, -0.25) is 4.79 Å². The van der Waals surface area contributed by atoms with Gasteiger partial charge in [0, 0.05) is 41.1 Å². The highest BCUT2D eigenvalue weighted by Gasteiger charge is 2.46. The third-order valence-corrected chi connectivity index (χ3v) is 6.65. The van der Waals surface area contributed by atoms with E-state index in [0.717, 1.165) is 5.56 Å². The zero-order chi connectivity index (χ0) is 23.8. The van der Waals surface area contributed by atoms with Crippen molar-refractivity contribution >= 4 is 29.0 Å². The largest absolute Gasteiger partial charge is 0.484 e. The summed E-state index contributed by atoms with van der Waals surface area (Å²) in [4.78, 5) is 13.0. The second-order valence-corrected chi connectivity index (χ2v) is 9.29. The summed E-state index contributed by atoms with van der Waals surface area (Å²) in [6.07, 6.45) is -4.66. The first-order valence-electron chi connectivity index (χ1n) is 10.6. The van der Waals surface area contributed by atoms with Gasteiger partial charge < -0.3 is 20.5 Å². The molecule has 10 heteroatoms. The molecular formula is C23H23Cl2F3N2O3. The van der Waals surface area contributed by atoms with Gasteiger partial charge in [0.1, 0.15) is 11.5 Å². The standard InChI is InChI=1S/C23H23Cl2F3N2O3/c24-13-3-6-16(17(25)7-13)19(31)8-14-9-20(32)21-18(30-14)10-29-22(21)12-1-4-15(5-2-12)33-11-23(26,27)28/h1-7,14,18-19,21-22,29-31H,8-11H2. The number of piperidine rings is 1. The smallest absolute Gasteiger partial charge is 0.422 e. The molecule has 2 aromatic rings. The lowest BCUT2D eigenvalue weighted by Gasteiger charge is -2.35. The van der Waals surface area contributed by atoms with Crippen LogP contribution < -0.4 is 15.4 Å². The van der Waals surface area contributed by atoms with Crippen LogP contribution in [0.1, 0.15) is 36.1 Å². The second kappa shape index (κ2) is 9.80. The number of rotatable bonds is 6. The zero-order valence-electron chi connectivity index (χ0n) is 17.4. The van der Waals surface area contributed by atoms with Gasteiger partial charge in [0.2, 0.25) is 0 Å². The van der Waals surface area contributed by atoms with E-state index in [1.54, 1.807) is 30.3 Å². The first kappa shape index (κ1) is 24.3. The van der Waals surface area contributed by atoms with Gasteiger partial charge in [-0.15, -0.1) is 0 Å². The number of benzene rings is 2. The minimum absolute atomic E-state index is 0.0746. The lowest BCUT2D eigenvalue weighted by molar-refractivity contribution is -0.153. The third kappa shape index (κ3) is 5.81. The molecule has 0 spiro atoms. The van der Waals surface area contributed by atoms with E-state index in [0.29, 0.717) is 28.6 Å². The Labute approximate surface area is 199 Å². The molecule has 2 fully saturated rings. The minimum atomic E-state index is -4.40. The number of alkyl halides is 3. The maximum Gasteiger partial charge on any atom is 0.422 e. The van der Waals surface area contributed by atoms with E-state index in [2.05, 4.69) is 10.6 Å². The van der Waals surface area contributed by atoms with Gasteiger partial charge in [0.05, 0.1) is 12.0 Å². The van der Waals surface area contributed by atoms with E-state index in [4.69, 9.17) is 27.9 Å². The Bertz CT molecular complexity index is 1000. The van der Waals surface area contributed by atoms with E-state index < -0.39 is 18.9 Å². The molecule has 0 radical (unpaired) electrons. The topological polar surface area (TPSA) is 70.6 Å². The number of fused-ring (bicyclic) bond motifs is 1. The summed E-state index contributed by atoms with van der Waals surface area (Å²) in [5.41, 5.74) is 1.37.